The minimum atomic E-state index is 0.300. The zero-order chi connectivity index (χ0) is 11.5. The summed E-state index contributed by atoms with van der Waals surface area (Å²) < 4.78 is 14.2. The predicted octanol–water partition coefficient (Wildman–Crippen LogP) is 5.49. The van der Waals surface area contributed by atoms with Crippen LogP contribution >= 0.6 is 95.6 Å². The van der Waals surface area contributed by atoms with Crippen LogP contribution in [-0.4, -0.2) is 23.0 Å². The fraction of sp³-hybridized carbons (Fsp3) is 0. The third kappa shape index (κ3) is 3.88. The zero-order valence-electron chi connectivity index (χ0n) is 6.18. The first kappa shape index (κ1) is 16.7. The van der Waals surface area contributed by atoms with E-state index in [4.69, 9.17) is 3.02 Å². The molecule has 0 aromatic heterocycles. The number of halogens is 6. The standard InChI is InChI=1S/C6Br6.O.Sb.H/c7-1-2(8)4(10)6(12)5(11)3(1)9;;;. The van der Waals surface area contributed by atoms with Gasteiger partial charge in [0, 0.05) is 26.8 Å². The van der Waals surface area contributed by atoms with Crippen LogP contribution in [0.25, 0.3) is 0 Å². The van der Waals surface area contributed by atoms with Gasteiger partial charge in [-0.25, -0.2) is 0 Å². The number of rotatable bonds is 0. The Bertz CT molecular complexity index is 250. The third-order valence-electron chi connectivity index (χ3n) is 1.16. The van der Waals surface area contributed by atoms with Gasteiger partial charge in [0.25, 0.3) is 0 Å². The molecule has 14 heavy (non-hydrogen) atoms. The number of benzene rings is 1. The van der Waals surface area contributed by atoms with Gasteiger partial charge in [-0.3, -0.25) is 0 Å². The van der Waals surface area contributed by atoms with Crippen LogP contribution in [0.2, 0.25) is 0 Å². The molecule has 1 aromatic rings. The summed E-state index contributed by atoms with van der Waals surface area (Å²) in [6.45, 7) is 0. The molecular formula is C6HBr6OSb. The summed E-state index contributed by atoms with van der Waals surface area (Å²) in [5.74, 6) is 0. The van der Waals surface area contributed by atoms with Crippen molar-refractivity contribution in [2.45, 2.75) is 0 Å². The molecule has 0 aliphatic carbocycles. The summed E-state index contributed by atoms with van der Waals surface area (Å²) in [4.78, 5) is 0. The van der Waals surface area contributed by atoms with Gasteiger partial charge < -0.3 is 0 Å². The van der Waals surface area contributed by atoms with Crippen molar-refractivity contribution >= 4 is 119 Å². The van der Waals surface area contributed by atoms with Crippen LogP contribution in [-0.2, 0) is 3.02 Å². The molecule has 0 spiro atoms. The van der Waals surface area contributed by atoms with Crippen molar-refractivity contribution in [3.63, 3.8) is 0 Å². The monoisotopic (exact) mass is 683 g/mol. The Morgan fingerprint density at radius 2 is 0.571 bits per heavy atom. The average Bonchev–Trinajstić information content (AvgIpc) is 2.24. The van der Waals surface area contributed by atoms with Gasteiger partial charge in [-0.2, -0.15) is 0 Å². The van der Waals surface area contributed by atoms with Crippen molar-refractivity contribution in [3.8, 4) is 0 Å². The van der Waals surface area contributed by atoms with Gasteiger partial charge >= 0.3 is 26.0 Å². The molecule has 0 saturated heterocycles. The van der Waals surface area contributed by atoms with Gasteiger partial charge in [-0.15, -0.1) is 0 Å². The summed E-state index contributed by atoms with van der Waals surface area (Å²) in [5.41, 5.74) is 0. The molecule has 78 valence electrons. The number of hydrogen-bond acceptors (Lipinski definition) is 1. The predicted molar refractivity (Wildman–Crippen MR) is 80.5 cm³/mol. The molecule has 0 unspecified atom stereocenters. The van der Waals surface area contributed by atoms with Gasteiger partial charge in [0.1, 0.15) is 0 Å². The second kappa shape index (κ2) is 7.93. The summed E-state index contributed by atoms with van der Waals surface area (Å²) >= 11 is 20.9. The fourth-order valence-electron chi connectivity index (χ4n) is 0.578. The van der Waals surface area contributed by atoms with Crippen molar-refractivity contribution in [2.24, 2.45) is 0 Å². The third-order valence-corrected chi connectivity index (χ3v) is 9.11. The summed E-state index contributed by atoms with van der Waals surface area (Å²) in [6, 6.07) is 0. The Morgan fingerprint density at radius 3 is 0.643 bits per heavy atom. The molecule has 1 rings (SSSR count). The molecule has 0 bridgehead atoms. The normalized spacial score (nSPS) is 9.29. The first-order valence-electron chi connectivity index (χ1n) is 2.84. The molecule has 0 amide bonds. The molecule has 0 aliphatic rings. The van der Waals surface area contributed by atoms with Crippen molar-refractivity contribution in [2.75, 3.05) is 0 Å². The molecule has 1 aromatic carbocycles. The van der Waals surface area contributed by atoms with Crippen LogP contribution in [0, 0.1) is 0 Å². The maximum atomic E-state index is 8.34. The quantitative estimate of drug-likeness (QED) is 0.200. The Kier molecular flexibility index (Phi) is 9.47. The van der Waals surface area contributed by atoms with E-state index in [2.05, 4.69) is 95.6 Å². The second-order valence-corrected chi connectivity index (χ2v) is 6.64. The molecule has 0 radical (unpaired) electrons. The van der Waals surface area contributed by atoms with E-state index in [1.54, 1.807) is 0 Å². The second-order valence-electron chi connectivity index (χ2n) is 1.88. The fourth-order valence-corrected chi connectivity index (χ4v) is 4.55. The Balaban J connectivity index is 0.000000791. The Hall–Kier alpha value is 2.72. The van der Waals surface area contributed by atoms with E-state index >= 15 is 0 Å². The summed E-state index contributed by atoms with van der Waals surface area (Å²) in [5, 5.41) is 0. The van der Waals surface area contributed by atoms with Crippen LogP contribution in [0.4, 0.5) is 0 Å². The minimum absolute atomic E-state index is 0.300. The van der Waals surface area contributed by atoms with Crippen molar-refractivity contribution < 1.29 is 3.02 Å². The molecular weight excluding hydrogens is 689 g/mol. The van der Waals surface area contributed by atoms with Crippen LogP contribution in [0.3, 0.4) is 0 Å². The molecule has 0 aliphatic heterocycles. The van der Waals surface area contributed by atoms with E-state index in [-0.39, 0.29) is 0 Å². The molecule has 0 atom stereocenters. The summed E-state index contributed by atoms with van der Waals surface area (Å²) in [6.07, 6.45) is 0. The Labute approximate surface area is 146 Å². The van der Waals surface area contributed by atoms with E-state index in [0.29, 0.717) is 23.0 Å². The molecule has 0 fully saturated rings. The van der Waals surface area contributed by atoms with Gasteiger partial charge in [0.05, 0.1) is 0 Å². The van der Waals surface area contributed by atoms with Gasteiger partial charge in [-0.05, 0) is 95.6 Å². The van der Waals surface area contributed by atoms with Crippen LogP contribution in [0.15, 0.2) is 26.8 Å². The first-order valence-corrected chi connectivity index (χ1v) is 8.76. The molecule has 0 N–H and O–H groups in total. The number of hydrogen-bond donors (Lipinski definition) is 0. The van der Waals surface area contributed by atoms with Crippen molar-refractivity contribution in [1.29, 1.82) is 0 Å². The van der Waals surface area contributed by atoms with Gasteiger partial charge in [0.15, 0.2) is 0 Å². The van der Waals surface area contributed by atoms with Crippen LogP contribution in [0.1, 0.15) is 0 Å². The van der Waals surface area contributed by atoms with E-state index in [1.807, 2.05) is 0 Å². The van der Waals surface area contributed by atoms with Crippen LogP contribution < -0.4 is 0 Å². The van der Waals surface area contributed by atoms with E-state index in [9.17, 15) is 0 Å². The van der Waals surface area contributed by atoms with Crippen LogP contribution in [0.5, 0.6) is 0 Å². The van der Waals surface area contributed by atoms with Gasteiger partial charge in [-0.1, -0.05) is 0 Å². The average molecular weight is 690 g/mol. The van der Waals surface area contributed by atoms with Crippen molar-refractivity contribution in [1.82, 2.24) is 0 Å². The Morgan fingerprint density at radius 1 is 0.500 bits per heavy atom. The maximum absolute atomic E-state index is 8.34. The van der Waals surface area contributed by atoms with Gasteiger partial charge in [0.2, 0.25) is 0 Å². The first-order chi connectivity index (χ1) is 6.46. The zero-order valence-corrected chi connectivity index (χ0v) is 18.5. The molecule has 8 heteroatoms. The van der Waals surface area contributed by atoms with E-state index in [0.717, 1.165) is 26.8 Å². The van der Waals surface area contributed by atoms with E-state index in [1.165, 1.54) is 0 Å². The summed E-state index contributed by atoms with van der Waals surface area (Å²) in [7, 11) is 0. The van der Waals surface area contributed by atoms with E-state index < -0.39 is 0 Å². The SMILES string of the molecule is Brc1c(Br)c(Br)c(Br)c(Br)c1Br.[O]=[SbH]. The topological polar surface area (TPSA) is 17.1 Å². The molecule has 0 saturated carbocycles. The molecule has 1 nitrogen and oxygen atoms in total. The molecule has 0 heterocycles. The van der Waals surface area contributed by atoms with Crippen molar-refractivity contribution in [3.05, 3.63) is 26.8 Å².